The zero-order valence-electron chi connectivity index (χ0n) is 12.7. The van der Waals surface area contributed by atoms with Gasteiger partial charge in [-0.2, -0.15) is 0 Å². The highest BCUT2D eigenvalue weighted by Crippen LogP contribution is 2.41. The van der Waals surface area contributed by atoms with Crippen molar-refractivity contribution in [2.75, 3.05) is 12.9 Å². The number of rotatable bonds is 3. The number of nitrogens with zero attached hydrogens (tertiary/aromatic N) is 1. The number of fused-ring (bicyclic) bond motifs is 1. The van der Waals surface area contributed by atoms with Gasteiger partial charge in [-0.1, -0.05) is 30.3 Å². The van der Waals surface area contributed by atoms with Crippen LogP contribution in [0.3, 0.4) is 0 Å². The van der Waals surface area contributed by atoms with Crippen LogP contribution in [0.1, 0.15) is 22.0 Å². The molecule has 2 aromatic rings. The first-order chi connectivity index (χ1) is 11.1. The maximum absolute atomic E-state index is 12.6. The van der Waals surface area contributed by atoms with E-state index in [0.29, 0.717) is 22.6 Å². The Hall–Kier alpha value is -2.34. The van der Waals surface area contributed by atoms with Crippen LogP contribution in [0.2, 0.25) is 0 Å². The minimum absolute atomic E-state index is 0.0870. The SMILES string of the molecule is COC(=O)[C@@H]1CSc2c(-c3ccccc3)c(C)c(C=O)c(=O)n21. The monoisotopic (exact) mass is 329 g/mol. The van der Waals surface area contributed by atoms with Gasteiger partial charge in [-0.05, 0) is 18.1 Å². The van der Waals surface area contributed by atoms with E-state index in [1.54, 1.807) is 6.92 Å². The number of esters is 1. The number of aromatic nitrogens is 1. The summed E-state index contributed by atoms with van der Waals surface area (Å²) in [6.07, 6.45) is 0.564. The molecule has 1 aliphatic heterocycles. The number of aldehydes is 1. The summed E-state index contributed by atoms with van der Waals surface area (Å²) < 4.78 is 6.19. The van der Waals surface area contributed by atoms with Gasteiger partial charge in [0.2, 0.25) is 0 Å². The second kappa shape index (κ2) is 6.04. The van der Waals surface area contributed by atoms with Gasteiger partial charge in [-0.3, -0.25) is 14.2 Å². The van der Waals surface area contributed by atoms with Gasteiger partial charge < -0.3 is 4.74 Å². The van der Waals surface area contributed by atoms with Crippen molar-refractivity contribution in [3.8, 4) is 11.1 Å². The summed E-state index contributed by atoms with van der Waals surface area (Å²) in [6.45, 7) is 1.76. The Morgan fingerprint density at radius 1 is 1.35 bits per heavy atom. The summed E-state index contributed by atoms with van der Waals surface area (Å²) in [6, 6.07) is 8.85. The maximum atomic E-state index is 12.6. The van der Waals surface area contributed by atoms with Crippen molar-refractivity contribution in [1.82, 2.24) is 4.57 Å². The number of ether oxygens (including phenoxy) is 1. The molecule has 5 nitrogen and oxygen atoms in total. The Balaban J connectivity index is 2.35. The first-order valence-corrected chi connectivity index (χ1v) is 8.09. The number of pyridine rings is 1. The summed E-state index contributed by atoms with van der Waals surface area (Å²) in [5, 5.41) is 0.708. The van der Waals surface area contributed by atoms with Crippen molar-refractivity contribution in [2.45, 2.75) is 18.0 Å². The molecular formula is C17H15NO4S. The van der Waals surface area contributed by atoms with Gasteiger partial charge in [0.25, 0.3) is 5.56 Å². The Morgan fingerprint density at radius 3 is 2.65 bits per heavy atom. The van der Waals surface area contributed by atoms with Crippen LogP contribution < -0.4 is 5.56 Å². The fourth-order valence-corrected chi connectivity index (χ4v) is 4.21. The van der Waals surface area contributed by atoms with E-state index in [1.165, 1.54) is 23.4 Å². The van der Waals surface area contributed by atoms with Crippen LogP contribution in [-0.2, 0) is 9.53 Å². The molecule has 3 rings (SSSR count). The highest BCUT2D eigenvalue weighted by molar-refractivity contribution is 7.99. The predicted octanol–water partition coefficient (Wildman–Crippen LogP) is 2.46. The van der Waals surface area contributed by atoms with Gasteiger partial charge in [-0.25, -0.2) is 4.79 Å². The first kappa shape index (κ1) is 15.6. The first-order valence-electron chi connectivity index (χ1n) is 7.10. The molecule has 0 fully saturated rings. The van der Waals surface area contributed by atoms with E-state index in [1.807, 2.05) is 30.3 Å². The molecule has 1 aromatic heterocycles. The molecule has 0 radical (unpaired) electrons. The summed E-state index contributed by atoms with van der Waals surface area (Å²) in [5.41, 5.74) is 2.02. The Labute approximate surface area is 137 Å². The smallest absolute Gasteiger partial charge is 0.329 e. The minimum atomic E-state index is -0.700. The van der Waals surface area contributed by atoms with Crippen LogP contribution in [0.5, 0.6) is 0 Å². The van der Waals surface area contributed by atoms with Crippen molar-refractivity contribution < 1.29 is 14.3 Å². The Kier molecular flexibility index (Phi) is 4.09. The predicted molar refractivity (Wildman–Crippen MR) is 88.0 cm³/mol. The molecule has 0 saturated heterocycles. The Bertz CT molecular complexity index is 842. The van der Waals surface area contributed by atoms with Crippen molar-refractivity contribution in [1.29, 1.82) is 0 Å². The van der Waals surface area contributed by atoms with Crippen LogP contribution in [0.4, 0.5) is 0 Å². The molecule has 0 unspecified atom stereocenters. The van der Waals surface area contributed by atoms with E-state index in [4.69, 9.17) is 4.74 Å². The lowest BCUT2D eigenvalue weighted by Gasteiger charge is -2.17. The number of carbonyl (C=O) groups excluding carboxylic acids is 2. The van der Waals surface area contributed by atoms with Crippen LogP contribution in [0.25, 0.3) is 11.1 Å². The quantitative estimate of drug-likeness (QED) is 0.639. The summed E-state index contributed by atoms with van der Waals surface area (Å²) in [4.78, 5) is 36.1. The van der Waals surface area contributed by atoms with Crippen molar-refractivity contribution in [3.63, 3.8) is 0 Å². The molecule has 1 aromatic carbocycles. The lowest BCUT2D eigenvalue weighted by molar-refractivity contribution is -0.143. The number of hydrogen-bond donors (Lipinski definition) is 0. The van der Waals surface area contributed by atoms with E-state index in [0.717, 1.165) is 11.1 Å². The van der Waals surface area contributed by atoms with E-state index in [2.05, 4.69) is 0 Å². The molecule has 23 heavy (non-hydrogen) atoms. The molecule has 6 heteroatoms. The normalized spacial score (nSPS) is 16.0. The largest absolute Gasteiger partial charge is 0.467 e. The highest BCUT2D eigenvalue weighted by Gasteiger charge is 2.35. The molecule has 118 valence electrons. The molecule has 1 atom stereocenters. The maximum Gasteiger partial charge on any atom is 0.329 e. The average Bonchev–Trinajstić information content (AvgIpc) is 3.00. The van der Waals surface area contributed by atoms with E-state index >= 15 is 0 Å². The topological polar surface area (TPSA) is 65.4 Å². The lowest BCUT2D eigenvalue weighted by atomic mass is 9.99. The standard InChI is InChI=1S/C17H15NO4S/c1-10-12(8-19)15(20)18-13(17(21)22-2)9-23-16(18)14(10)11-6-4-3-5-7-11/h3-8,13H,9H2,1-2H3/t13-/m0/s1. The minimum Gasteiger partial charge on any atom is -0.467 e. The fraction of sp³-hybridized carbons (Fsp3) is 0.235. The van der Waals surface area contributed by atoms with Gasteiger partial charge >= 0.3 is 5.97 Å². The molecule has 0 saturated carbocycles. The number of hydrogen-bond acceptors (Lipinski definition) is 5. The molecule has 0 N–H and O–H groups in total. The molecule has 0 amide bonds. The fourth-order valence-electron chi connectivity index (χ4n) is 2.85. The molecular weight excluding hydrogens is 314 g/mol. The molecule has 0 aliphatic carbocycles. The molecule has 0 spiro atoms. The van der Waals surface area contributed by atoms with Crippen LogP contribution in [0.15, 0.2) is 40.2 Å². The molecule has 0 bridgehead atoms. The van der Waals surface area contributed by atoms with Gasteiger partial charge in [0.15, 0.2) is 6.29 Å². The number of carbonyl (C=O) groups is 2. The second-order valence-corrected chi connectivity index (χ2v) is 6.24. The summed E-state index contributed by atoms with van der Waals surface area (Å²) in [5.74, 6) is -0.0539. The van der Waals surface area contributed by atoms with Gasteiger partial charge in [-0.15, -0.1) is 11.8 Å². The lowest BCUT2D eigenvalue weighted by Crippen LogP contribution is -2.32. The third-order valence-electron chi connectivity index (χ3n) is 4.00. The summed E-state index contributed by atoms with van der Waals surface area (Å²) >= 11 is 1.43. The van der Waals surface area contributed by atoms with E-state index in [-0.39, 0.29) is 5.56 Å². The van der Waals surface area contributed by atoms with Crippen LogP contribution >= 0.6 is 11.8 Å². The second-order valence-electron chi connectivity index (χ2n) is 5.23. The van der Waals surface area contributed by atoms with Gasteiger partial charge in [0.1, 0.15) is 6.04 Å². The van der Waals surface area contributed by atoms with E-state index in [9.17, 15) is 14.4 Å². The average molecular weight is 329 g/mol. The Morgan fingerprint density at radius 2 is 2.04 bits per heavy atom. The third kappa shape index (κ3) is 2.39. The number of thioether (sulfide) groups is 1. The van der Waals surface area contributed by atoms with Gasteiger partial charge in [0.05, 0.1) is 17.7 Å². The molecule has 2 heterocycles. The number of benzene rings is 1. The van der Waals surface area contributed by atoms with Gasteiger partial charge in [0, 0.05) is 11.3 Å². The summed E-state index contributed by atoms with van der Waals surface area (Å²) in [7, 11) is 1.29. The van der Waals surface area contributed by atoms with Crippen molar-refractivity contribution >= 4 is 24.0 Å². The third-order valence-corrected chi connectivity index (χ3v) is 5.16. The highest BCUT2D eigenvalue weighted by atomic mass is 32.2. The van der Waals surface area contributed by atoms with Crippen LogP contribution in [0, 0.1) is 6.92 Å². The van der Waals surface area contributed by atoms with E-state index < -0.39 is 17.6 Å². The zero-order chi connectivity index (χ0) is 16.6. The van der Waals surface area contributed by atoms with Crippen molar-refractivity contribution in [2.24, 2.45) is 0 Å². The molecule has 1 aliphatic rings. The number of methoxy groups -OCH3 is 1. The zero-order valence-corrected chi connectivity index (χ0v) is 13.6. The van der Waals surface area contributed by atoms with Crippen LogP contribution in [-0.4, -0.2) is 29.7 Å². The van der Waals surface area contributed by atoms with Crippen molar-refractivity contribution in [3.05, 3.63) is 51.8 Å².